The smallest absolute Gasteiger partial charge is 0.358 e. The van der Waals surface area contributed by atoms with Gasteiger partial charge in [-0.15, -0.1) is 5.10 Å². The first kappa shape index (κ1) is 15.1. The first-order chi connectivity index (χ1) is 11.7. The van der Waals surface area contributed by atoms with Crippen molar-refractivity contribution in [1.29, 1.82) is 0 Å². The van der Waals surface area contributed by atoms with Crippen molar-refractivity contribution in [3.8, 4) is 0 Å². The standard InChI is InChI=1S/C16H17N5O2S/c22-15(23)13-10-21(19-18-13)9-11-4-3-7-20(8-11)16-17-12-5-1-2-6-14(12)24-16/h1-2,5-6,10-11H,3-4,7-9H2,(H,22,23). The van der Waals surface area contributed by atoms with Crippen LogP contribution in [0.15, 0.2) is 30.5 Å². The van der Waals surface area contributed by atoms with E-state index in [2.05, 4.69) is 21.3 Å². The molecule has 2 aromatic heterocycles. The number of hydrogen-bond acceptors (Lipinski definition) is 6. The first-order valence-electron chi connectivity index (χ1n) is 7.93. The zero-order valence-electron chi connectivity index (χ0n) is 13.0. The molecule has 0 bridgehead atoms. The SMILES string of the molecule is O=C(O)c1cn(CC2CCCN(c3nc4ccccc4s3)C2)nn1. The van der Waals surface area contributed by atoms with Crippen LogP contribution in [0.25, 0.3) is 10.2 Å². The average molecular weight is 343 g/mol. The Morgan fingerprint density at radius 2 is 2.25 bits per heavy atom. The van der Waals surface area contributed by atoms with E-state index in [-0.39, 0.29) is 5.69 Å². The van der Waals surface area contributed by atoms with Crippen LogP contribution in [-0.2, 0) is 6.54 Å². The lowest BCUT2D eigenvalue weighted by Gasteiger charge is -2.32. The highest BCUT2D eigenvalue weighted by Crippen LogP contribution is 2.31. The van der Waals surface area contributed by atoms with Crippen LogP contribution in [0, 0.1) is 5.92 Å². The van der Waals surface area contributed by atoms with Crippen LogP contribution >= 0.6 is 11.3 Å². The Balaban J connectivity index is 1.47. The number of rotatable bonds is 4. The predicted molar refractivity (Wildman–Crippen MR) is 91.5 cm³/mol. The zero-order chi connectivity index (χ0) is 16.5. The summed E-state index contributed by atoms with van der Waals surface area (Å²) in [7, 11) is 0. The monoisotopic (exact) mass is 343 g/mol. The second kappa shape index (κ2) is 6.20. The number of benzene rings is 1. The lowest BCUT2D eigenvalue weighted by Crippen LogP contribution is -2.37. The molecule has 8 heteroatoms. The molecule has 7 nitrogen and oxygen atoms in total. The maximum atomic E-state index is 10.9. The van der Waals surface area contributed by atoms with Gasteiger partial charge in [0.1, 0.15) is 0 Å². The fourth-order valence-electron chi connectivity index (χ4n) is 3.13. The Kier molecular flexibility index (Phi) is 3.89. The van der Waals surface area contributed by atoms with E-state index >= 15 is 0 Å². The number of aromatic nitrogens is 4. The quantitative estimate of drug-likeness (QED) is 0.783. The zero-order valence-corrected chi connectivity index (χ0v) is 13.8. The van der Waals surface area contributed by atoms with Crippen molar-refractivity contribution in [2.75, 3.05) is 18.0 Å². The van der Waals surface area contributed by atoms with Gasteiger partial charge in [0.05, 0.1) is 16.4 Å². The lowest BCUT2D eigenvalue weighted by molar-refractivity contribution is 0.0690. The average Bonchev–Trinajstić information content (AvgIpc) is 3.21. The number of anilines is 1. The van der Waals surface area contributed by atoms with Crippen LogP contribution in [0.5, 0.6) is 0 Å². The van der Waals surface area contributed by atoms with Crippen molar-refractivity contribution < 1.29 is 9.90 Å². The molecule has 3 heterocycles. The normalized spacial score (nSPS) is 18.2. The molecule has 0 amide bonds. The van der Waals surface area contributed by atoms with Crippen LogP contribution in [0.4, 0.5) is 5.13 Å². The molecule has 1 aliphatic rings. The summed E-state index contributed by atoms with van der Waals surface area (Å²) in [4.78, 5) is 18.0. The molecule has 1 saturated heterocycles. The van der Waals surface area contributed by atoms with Gasteiger partial charge in [-0.2, -0.15) is 0 Å². The highest BCUT2D eigenvalue weighted by Gasteiger charge is 2.23. The van der Waals surface area contributed by atoms with Crippen molar-refractivity contribution in [2.45, 2.75) is 19.4 Å². The van der Waals surface area contributed by atoms with E-state index in [0.717, 1.165) is 36.6 Å². The first-order valence-corrected chi connectivity index (χ1v) is 8.74. The molecule has 1 aliphatic heterocycles. The van der Waals surface area contributed by atoms with Gasteiger partial charge in [0.2, 0.25) is 0 Å². The fraction of sp³-hybridized carbons (Fsp3) is 0.375. The maximum absolute atomic E-state index is 10.9. The molecule has 0 radical (unpaired) electrons. The van der Waals surface area contributed by atoms with Gasteiger partial charge in [-0.3, -0.25) is 4.68 Å². The van der Waals surface area contributed by atoms with E-state index in [9.17, 15) is 4.79 Å². The minimum Gasteiger partial charge on any atom is -0.476 e. The molecule has 1 aromatic carbocycles. The van der Waals surface area contributed by atoms with Crippen molar-refractivity contribution in [1.82, 2.24) is 20.0 Å². The summed E-state index contributed by atoms with van der Waals surface area (Å²) < 4.78 is 2.84. The van der Waals surface area contributed by atoms with Crippen LogP contribution in [0.2, 0.25) is 0 Å². The molecule has 124 valence electrons. The van der Waals surface area contributed by atoms with Crippen LogP contribution in [-0.4, -0.2) is 44.1 Å². The second-order valence-electron chi connectivity index (χ2n) is 6.05. The van der Waals surface area contributed by atoms with Crippen molar-refractivity contribution >= 4 is 32.7 Å². The molecule has 1 fully saturated rings. The molecule has 1 atom stereocenters. The highest BCUT2D eigenvalue weighted by molar-refractivity contribution is 7.22. The number of para-hydroxylation sites is 1. The Labute approximate surface area is 142 Å². The summed E-state index contributed by atoms with van der Waals surface area (Å²) in [5.41, 5.74) is 1.04. The Morgan fingerprint density at radius 3 is 3.04 bits per heavy atom. The number of aromatic carboxylic acids is 1. The topological polar surface area (TPSA) is 84.1 Å². The molecule has 3 aromatic rings. The van der Waals surface area contributed by atoms with Gasteiger partial charge in [-0.05, 0) is 30.9 Å². The van der Waals surface area contributed by atoms with Gasteiger partial charge in [0, 0.05) is 19.6 Å². The van der Waals surface area contributed by atoms with Crippen molar-refractivity contribution in [3.05, 3.63) is 36.2 Å². The molecule has 0 aliphatic carbocycles. The number of piperidine rings is 1. The Morgan fingerprint density at radius 1 is 1.38 bits per heavy atom. The third-order valence-corrected chi connectivity index (χ3v) is 5.37. The van der Waals surface area contributed by atoms with Gasteiger partial charge >= 0.3 is 5.97 Å². The summed E-state index contributed by atoms with van der Waals surface area (Å²) in [6.07, 6.45) is 3.70. The van der Waals surface area contributed by atoms with Crippen LogP contribution in [0.1, 0.15) is 23.3 Å². The van der Waals surface area contributed by atoms with E-state index in [1.165, 1.54) is 10.9 Å². The molecule has 4 rings (SSSR count). The van der Waals surface area contributed by atoms with E-state index in [1.54, 1.807) is 16.0 Å². The minimum absolute atomic E-state index is 0.00570. The van der Waals surface area contributed by atoms with E-state index in [0.29, 0.717) is 12.5 Å². The molecule has 24 heavy (non-hydrogen) atoms. The number of carboxylic acid groups (broad SMARTS) is 1. The summed E-state index contributed by atoms with van der Waals surface area (Å²) in [5, 5.41) is 17.6. The number of nitrogens with zero attached hydrogens (tertiary/aromatic N) is 5. The van der Waals surface area contributed by atoms with Gasteiger partial charge in [0.25, 0.3) is 0 Å². The summed E-state index contributed by atoms with van der Waals surface area (Å²) in [6.45, 7) is 2.60. The van der Waals surface area contributed by atoms with Gasteiger partial charge in [-0.25, -0.2) is 9.78 Å². The summed E-state index contributed by atoms with van der Waals surface area (Å²) >= 11 is 1.72. The Bertz CT molecular complexity index is 841. The van der Waals surface area contributed by atoms with Gasteiger partial charge in [0.15, 0.2) is 10.8 Å². The minimum atomic E-state index is -1.04. The Hall–Kier alpha value is -2.48. The van der Waals surface area contributed by atoms with Crippen molar-refractivity contribution in [3.63, 3.8) is 0 Å². The maximum Gasteiger partial charge on any atom is 0.358 e. The van der Waals surface area contributed by atoms with Crippen LogP contribution in [0.3, 0.4) is 0 Å². The molecule has 1 unspecified atom stereocenters. The molecule has 0 spiro atoms. The molecular formula is C16H17N5O2S. The molecular weight excluding hydrogens is 326 g/mol. The number of thiazole rings is 1. The third kappa shape index (κ3) is 2.96. The van der Waals surface area contributed by atoms with Gasteiger partial charge in [-0.1, -0.05) is 28.7 Å². The van der Waals surface area contributed by atoms with Gasteiger partial charge < -0.3 is 10.0 Å². The summed E-state index contributed by atoms with van der Waals surface area (Å²) in [6, 6.07) is 8.18. The van der Waals surface area contributed by atoms with E-state index < -0.39 is 5.97 Å². The number of carboxylic acids is 1. The van der Waals surface area contributed by atoms with Crippen LogP contribution < -0.4 is 4.90 Å². The predicted octanol–water partition coefficient (Wildman–Crippen LogP) is 2.50. The summed E-state index contributed by atoms with van der Waals surface area (Å²) in [5.74, 6) is -0.630. The van der Waals surface area contributed by atoms with E-state index in [1.807, 2.05) is 18.2 Å². The van der Waals surface area contributed by atoms with E-state index in [4.69, 9.17) is 10.1 Å². The lowest BCUT2D eigenvalue weighted by atomic mass is 9.98. The highest BCUT2D eigenvalue weighted by atomic mass is 32.1. The second-order valence-corrected chi connectivity index (χ2v) is 7.06. The molecule has 1 N–H and O–H groups in total. The largest absolute Gasteiger partial charge is 0.476 e. The number of hydrogen-bond donors (Lipinski definition) is 1. The molecule has 0 saturated carbocycles. The third-order valence-electron chi connectivity index (χ3n) is 4.28. The fourth-order valence-corrected chi connectivity index (χ4v) is 4.13. The number of carbonyl (C=O) groups is 1. The number of fused-ring (bicyclic) bond motifs is 1. The van der Waals surface area contributed by atoms with Crippen molar-refractivity contribution in [2.24, 2.45) is 5.92 Å².